The summed E-state index contributed by atoms with van der Waals surface area (Å²) in [7, 11) is 1.58. The predicted octanol–water partition coefficient (Wildman–Crippen LogP) is 3.24. The van der Waals surface area contributed by atoms with E-state index in [9.17, 15) is 5.26 Å². The van der Waals surface area contributed by atoms with Crippen LogP contribution in [-0.2, 0) is 0 Å². The Hall–Kier alpha value is -2.98. The minimum absolute atomic E-state index is 0.532. The number of nitrogens with zero attached hydrogens (tertiary/aromatic N) is 2. The number of nitriles is 2. The zero-order chi connectivity index (χ0) is 14.4. The number of ether oxygens (including phenoxy) is 1. The maximum Gasteiger partial charge on any atom is 0.141 e. The fourth-order valence-electron chi connectivity index (χ4n) is 1.90. The first kappa shape index (κ1) is 13.5. The van der Waals surface area contributed by atoms with Gasteiger partial charge in [0.2, 0.25) is 0 Å². The Morgan fingerprint density at radius 2 is 1.90 bits per heavy atom. The Morgan fingerprint density at radius 1 is 1.10 bits per heavy atom. The number of nitrogens with one attached hydrogen (secondary N) is 1. The van der Waals surface area contributed by atoms with Gasteiger partial charge < -0.3 is 10.1 Å². The number of benzene rings is 2. The molecule has 0 aliphatic carbocycles. The molecule has 2 aromatic carbocycles. The van der Waals surface area contributed by atoms with E-state index in [1.54, 1.807) is 25.3 Å². The van der Waals surface area contributed by atoms with Gasteiger partial charge in [-0.3, -0.25) is 0 Å². The lowest BCUT2D eigenvalue weighted by molar-refractivity contribution is 0.416. The highest BCUT2D eigenvalue weighted by atomic mass is 16.5. The van der Waals surface area contributed by atoms with E-state index >= 15 is 0 Å². The first-order valence-corrected chi connectivity index (χ1v) is 6.07. The largest absolute Gasteiger partial charge is 0.495 e. The minimum Gasteiger partial charge on any atom is -0.495 e. The Labute approximate surface area is 117 Å². The van der Waals surface area contributed by atoms with Crippen LogP contribution in [0.4, 0.5) is 5.69 Å². The number of rotatable bonds is 4. The van der Waals surface area contributed by atoms with Gasteiger partial charge in [0.05, 0.1) is 30.5 Å². The van der Waals surface area contributed by atoms with Gasteiger partial charge in [0.15, 0.2) is 0 Å². The first-order valence-electron chi connectivity index (χ1n) is 6.07. The second-order valence-corrected chi connectivity index (χ2v) is 4.14. The minimum atomic E-state index is -0.542. The first-order chi connectivity index (χ1) is 9.78. The van der Waals surface area contributed by atoms with Gasteiger partial charge in [-0.1, -0.05) is 24.3 Å². The second-order valence-electron chi connectivity index (χ2n) is 4.14. The number of hydrogen-bond donors (Lipinski definition) is 1. The summed E-state index contributed by atoms with van der Waals surface area (Å²) in [5, 5.41) is 21.4. The van der Waals surface area contributed by atoms with Crippen LogP contribution in [-0.4, -0.2) is 7.11 Å². The van der Waals surface area contributed by atoms with E-state index < -0.39 is 6.04 Å². The quantitative estimate of drug-likeness (QED) is 0.919. The van der Waals surface area contributed by atoms with Crippen molar-refractivity contribution in [2.24, 2.45) is 0 Å². The second kappa shape index (κ2) is 6.26. The van der Waals surface area contributed by atoms with Crippen molar-refractivity contribution < 1.29 is 4.74 Å². The van der Waals surface area contributed by atoms with E-state index in [0.29, 0.717) is 11.3 Å². The molecule has 0 amide bonds. The fourth-order valence-corrected chi connectivity index (χ4v) is 1.90. The van der Waals surface area contributed by atoms with Crippen molar-refractivity contribution in [2.75, 3.05) is 12.4 Å². The molecule has 0 aliphatic rings. The molecule has 20 heavy (non-hydrogen) atoms. The lowest BCUT2D eigenvalue weighted by Gasteiger charge is -2.16. The number of methoxy groups -OCH3 is 1. The molecule has 2 aromatic rings. The van der Waals surface area contributed by atoms with Gasteiger partial charge in [-0.2, -0.15) is 10.5 Å². The maximum absolute atomic E-state index is 9.33. The Morgan fingerprint density at radius 3 is 2.60 bits per heavy atom. The third-order valence-electron chi connectivity index (χ3n) is 2.88. The molecule has 1 N–H and O–H groups in total. The van der Waals surface area contributed by atoms with Gasteiger partial charge in [-0.05, 0) is 29.8 Å². The summed E-state index contributed by atoms with van der Waals surface area (Å²) >= 11 is 0. The molecule has 0 fully saturated rings. The fraction of sp³-hybridized carbons (Fsp3) is 0.125. The molecule has 4 nitrogen and oxygen atoms in total. The molecular formula is C16H13N3O. The van der Waals surface area contributed by atoms with Gasteiger partial charge in [-0.25, -0.2) is 0 Å². The summed E-state index contributed by atoms with van der Waals surface area (Å²) < 4.78 is 5.25. The van der Waals surface area contributed by atoms with E-state index in [-0.39, 0.29) is 0 Å². The van der Waals surface area contributed by atoms with Gasteiger partial charge in [0.1, 0.15) is 11.8 Å². The van der Waals surface area contributed by atoms with Crippen LogP contribution in [0.5, 0.6) is 5.75 Å². The lowest BCUT2D eigenvalue weighted by atomic mass is 10.0. The van der Waals surface area contributed by atoms with Crippen LogP contribution in [0.3, 0.4) is 0 Å². The lowest BCUT2D eigenvalue weighted by Crippen LogP contribution is -2.09. The van der Waals surface area contributed by atoms with Crippen LogP contribution >= 0.6 is 0 Å². The summed E-state index contributed by atoms with van der Waals surface area (Å²) in [5.41, 5.74) is 2.02. The summed E-state index contributed by atoms with van der Waals surface area (Å²) in [5.74, 6) is 0.671. The highest BCUT2D eigenvalue weighted by Gasteiger charge is 2.13. The maximum atomic E-state index is 9.33. The monoisotopic (exact) mass is 263 g/mol. The Kier molecular flexibility index (Phi) is 4.21. The third kappa shape index (κ3) is 2.88. The number of para-hydroxylation sites is 2. The summed E-state index contributed by atoms with van der Waals surface area (Å²) in [4.78, 5) is 0. The van der Waals surface area contributed by atoms with Crippen molar-refractivity contribution in [3.8, 4) is 17.9 Å². The molecule has 0 spiro atoms. The zero-order valence-corrected chi connectivity index (χ0v) is 11.0. The molecule has 0 bridgehead atoms. The number of hydrogen-bond acceptors (Lipinski definition) is 4. The molecule has 0 aromatic heterocycles. The average molecular weight is 263 g/mol. The van der Waals surface area contributed by atoms with E-state index in [1.165, 1.54) is 0 Å². The Balaban J connectivity index is 2.30. The highest BCUT2D eigenvalue weighted by Crippen LogP contribution is 2.27. The van der Waals surface area contributed by atoms with Gasteiger partial charge >= 0.3 is 0 Å². The molecule has 2 rings (SSSR count). The standard InChI is InChI=1S/C16H13N3O/c1-20-16-8-3-2-7-14(16)19-15(11-18)13-6-4-5-12(9-13)10-17/h2-9,15,19H,1H3. The average Bonchev–Trinajstić information content (AvgIpc) is 2.53. The Bertz CT molecular complexity index is 683. The normalized spacial score (nSPS) is 10.9. The van der Waals surface area contributed by atoms with Crippen molar-refractivity contribution in [1.82, 2.24) is 0 Å². The van der Waals surface area contributed by atoms with E-state index in [1.807, 2.05) is 30.3 Å². The van der Waals surface area contributed by atoms with E-state index in [4.69, 9.17) is 10.00 Å². The molecule has 0 heterocycles. The predicted molar refractivity (Wildman–Crippen MR) is 76.1 cm³/mol. The van der Waals surface area contributed by atoms with Crippen molar-refractivity contribution >= 4 is 5.69 Å². The summed E-state index contributed by atoms with van der Waals surface area (Å²) in [6.07, 6.45) is 0. The van der Waals surface area contributed by atoms with E-state index in [2.05, 4.69) is 17.5 Å². The molecule has 98 valence electrons. The van der Waals surface area contributed by atoms with Crippen molar-refractivity contribution in [1.29, 1.82) is 10.5 Å². The van der Waals surface area contributed by atoms with Crippen LogP contribution in [0.2, 0.25) is 0 Å². The van der Waals surface area contributed by atoms with Crippen LogP contribution in [0.15, 0.2) is 48.5 Å². The molecule has 1 atom stereocenters. The van der Waals surface area contributed by atoms with Crippen LogP contribution < -0.4 is 10.1 Å². The summed E-state index contributed by atoms with van der Waals surface area (Å²) in [6, 6.07) is 18.1. The van der Waals surface area contributed by atoms with E-state index in [0.717, 1.165) is 11.3 Å². The molecule has 4 heteroatoms. The molecule has 0 saturated heterocycles. The smallest absolute Gasteiger partial charge is 0.141 e. The van der Waals surface area contributed by atoms with Crippen molar-refractivity contribution in [2.45, 2.75) is 6.04 Å². The van der Waals surface area contributed by atoms with Crippen LogP contribution in [0, 0.1) is 22.7 Å². The molecule has 0 saturated carbocycles. The highest BCUT2D eigenvalue weighted by molar-refractivity contribution is 5.58. The molecule has 0 aliphatic heterocycles. The topological polar surface area (TPSA) is 68.8 Å². The third-order valence-corrected chi connectivity index (χ3v) is 2.88. The van der Waals surface area contributed by atoms with Crippen LogP contribution in [0.25, 0.3) is 0 Å². The van der Waals surface area contributed by atoms with Gasteiger partial charge in [0, 0.05) is 0 Å². The van der Waals surface area contributed by atoms with Crippen molar-refractivity contribution in [3.63, 3.8) is 0 Å². The van der Waals surface area contributed by atoms with Gasteiger partial charge in [0.25, 0.3) is 0 Å². The molecular weight excluding hydrogens is 250 g/mol. The SMILES string of the molecule is COc1ccccc1NC(C#N)c1cccc(C#N)c1. The van der Waals surface area contributed by atoms with Gasteiger partial charge in [-0.15, -0.1) is 0 Å². The van der Waals surface area contributed by atoms with Crippen molar-refractivity contribution in [3.05, 3.63) is 59.7 Å². The van der Waals surface area contributed by atoms with Crippen LogP contribution in [0.1, 0.15) is 17.2 Å². The molecule has 0 radical (unpaired) electrons. The summed E-state index contributed by atoms with van der Waals surface area (Å²) in [6.45, 7) is 0. The molecule has 1 unspecified atom stereocenters. The zero-order valence-electron chi connectivity index (χ0n) is 11.0. The number of anilines is 1.